The predicted molar refractivity (Wildman–Crippen MR) is 62.8 cm³/mol. The molecule has 0 aliphatic heterocycles. The van der Waals surface area contributed by atoms with Gasteiger partial charge in [-0.2, -0.15) is 0 Å². The van der Waals surface area contributed by atoms with E-state index in [2.05, 4.69) is 24.2 Å². The van der Waals surface area contributed by atoms with Gasteiger partial charge < -0.3 is 5.32 Å². The first-order chi connectivity index (χ1) is 7.24. The molecule has 0 bridgehead atoms. The molecule has 1 aliphatic carbocycles. The number of carbonyl (C=O) groups excluding carboxylic acids is 1. The van der Waals surface area contributed by atoms with Crippen molar-refractivity contribution in [3.8, 4) is 0 Å². The van der Waals surface area contributed by atoms with Crippen molar-refractivity contribution in [3.63, 3.8) is 0 Å². The van der Waals surface area contributed by atoms with Gasteiger partial charge in [-0.3, -0.25) is 9.69 Å². The summed E-state index contributed by atoms with van der Waals surface area (Å²) in [6.45, 7) is 3.44. The van der Waals surface area contributed by atoms with E-state index in [1.807, 2.05) is 0 Å². The number of hydrogen-bond donors (Lipinski definition) is 1. The van der Waals surface area contributed by atoms with Crippen LogP contribution in [-0.4, -0.2) is 37.0 Å². The van der Waals surface area contributed by atoms with E-state index in [9.17, 15) is 4.79 Å². The Balaban J connectivity index is 2.21. The molecule has 1 N–H and O–H groups in total. The van der Waals surface area contributed by atoms with Crippen molar-refractivity contribution in [1.82, 2.24) is 10.2 Å². The number of carbonyl (C=O) groups is 1. The Bertz CT molecular complexity index is 188. The van der Waals surface area contributed by atoms with Gasteiger partial charge in [0.2, 0.25) is 5.91 Å². The van der Waals surface area contributed by atoms with Gasteiger partial charge in [0.1, 0.15) is 0 Å². The van der Waals surface area contributed by atoms with E-state index in [0.29, 0.717) is 12.6 Å². The van der Waals surface area contributed by atoms with Crippen molar-refractivity contribution in [2.45, 2.75) is 51.5 Å². The molecule has 0 unspecified atom stereocenters. The third-order valence-corrected chi connectivity index (χ3v) is 3.16. The number of likely N-dealkylation sites (N-methyl/N-ethyl adjacent to an activating group) is 1. The maximum absolute atomic E-state index is 11.5. The van der Waals surface area contributed by atoms with E-state index < -0.39 is 0 Å². The molecule has 0 aromatic heterocycles. The lowest BCUT2D eigenvalue weighted by Gasteiger charge is -2.30. The van der Waals surface area contributed by atoms with E-state index in [4.69, 9.17) is 0 Å². The van der Waals surface area contributed by atoms with Crippen LogP contribution < -0.4 is 5.32 Å². The van der Waals surface area contributed by atoms with Crippen molar-refractivity contribution in [2.75, 3.05) is 20.1 Å². The average Bonchev–Trinajstić information content (AvgIpc) is 2.27. The molecular formula is C12H24N2O. The summed E-state index contributed by atoms with van der Waals surface area (Å²) in [6, 6.07) is 0.631. The molecule has 0 atom stereocenters. The van der Waals surface area contributed by atoms with Gasteiger partial charge in [0, 0.05) is 12.6 Å². The zero-order valence-corrected chi connectivity index (χ0v) is 10.1. The summed E-state index contributed by atoms with van der Waals surface area (Å²) < 4.78 is 0. The van der Waals surface area contributed by atoms with Gasteiger partial charge >= 0.3 is 0 Å². The molecule has 0 spiro atoms. The Hall–Kier alpha value is -0.570. The standard InChI is InChI=1S/C12H24N2O/c1-3-9-13-12(15)10-14(2)11-7-5-4-6-8-11/h11H,3-10H2,1-2H3,(H,13,15). The molecule has 1 rings (SSSR count). The lowest BCUT2D eigenvalue weighted by Crippen LogP contribution is -2.41. The van der Waals surface area contributed by atoms with Crippen LogP contribution in [0.2, 0.25) is 0 Å². The minimum absolute atomic E-state index is 0.171. The fourth-order valence-electron chi connectivity index (χ4n) is 2.20. The van der Waals surface area contributed by atoms with Crippen LogP contribution >= 0.6 is 0 Å². The minimum atomic E-state index is 0.171. The molecule has 1 amide bonds. The van der Waals surface area contributed by atoms with Crippen molar-refractivity contribution < 1.29 is 4.79 Å². The van der Waals surface area contributed by atoms with E-state index >= 15 is 0 Å². The van der Waals surface area contributed by atoms with E-state index in [1.165, 1.54) is 32.1 Å². The highest BCUT2D eigenvalue weighted by Gasteiger charge is 2.19. The molecule has 15 heavy (non-hydrogen) atoms. The Morgan fingerprint density at radius 1 is 1.33 bits per heavy atom. The lowest BCUT2D eigenvalue weighted by molar-refractivity contribution is -0.122. The number of hydrogen-bond acceptors (Lipinski definition) is 2. The van der Waals surface area contributed by atoms with Gasteiger partial charge in [0.15, 0.2) is 0 Å². The summed E-state index contributed by atoms with van der Waals surface area (Å²) in [5.74, 6) is 0.171. The summed E-state index contributed by atoms with van der Waals surface area (Å²) in [4.78, 5) is 13.7. The van der Waals surface area contributed by atoms with E-state index in [1.54, 1.807) is 0 Å². The quantitative estimate of drug-likeness (QED) is 0.753. The van der Waals surface area contributed by atoms with Gasteiger partial charge in [0.25, 0.3) is 0 Å². The molecule has 88 valence electrons. The van der Waals surface area contributed by atoms with Gasteiger partial charge in [0.05, 0.1) is 6.54 Å². The van der Waals surface area contributed by atoms with Crippen LogP contribution in [0, 0.1) is 0 Å². The van der Waals surface area contributed by atoms with Gasteiger partial charge in [-0.15, -0.1) is 0 Å². The van der Waals surface area contributed by atoms with Crippen molar-refractivity contribution in [1.29, 1.82) is 0 Å². The van der Waals surface area contributed by atoms with Gasteiger partial charge in [-0.05, 0) is 26.3 Å². The van der Waals surface area contributed by atoms with Crippen molar-refractivity contribution in [3.05, 3.63) is 0 Å². The van der Waals surface area contributed by atoms with Crippen LogP contribution in [0.25, 0.3) is 0 Å². The highest BCUT2D eigenvalue weighted by atomic mass is 16.2. The molecule has 0 heterocycles. The first-order valence-corrected chi connectivity index (χ1v) is 6.21. The SMILES string of the molecule is CCCNC(=O)CN(C)C1CCCCC1. The fraction of sp³-hybridized carbons (Fsp3) is 0.917. The smallest absolute Gasteiger partial charge is 0.234 e. The fourth-order valence-corrected chi connectivity index (χ4v) is 2.20. The lowest BCUT2D eigenvalue weighted by atomic mass is 9.94. The molecule has 0 saturated heterocycles. The van der Waals surface area contributed by atoms with Crippen LogP contribution in [0.5, 0.6) is 0 Å². The normalized spacial score (nSPS) is 18.1. The monoisotopic (exact) mass is 212 g/mol. The van der Waals surface area contributed by atoms with Crippen LogP contribution in [0.4, 0.5) is 0 Å². The third kappa shape index (κ3) is 4.65. The Morgan fingerprint density at radius 3 is 2.60 bits per heavy atom. The van der Waals surface area contributed by atoms with Crippen molar-refractivity contribution >= 4 is 5.91 Å². The summed E-state index contributed by atoms with van der Waals surface area (Å²) in [7, 11) is 2.07. The van der Waals surface area contributed by atoms with Crippen LogP contribution in [0.3, 0.4) is 0 Å². The van der Waals surface area contributed by atoms with E-state index in [-0.39, 0.29) is 5.91 Å². The number of nitrogens with zero attached hydrogens (tertiary/aromatic N) is 1. The highest BCUT2D eigenvalue weighted by Crippen LogP contribution is 2.21. The molecule has 3 heteroatoms. The predicted octanol–water partition coefficient (Wildman–Crippen LogP) is 1.78. The van der Waals surface area contributed by atoms with Gasteiger partial charge in [-0.25, -0.2) is 0 Å². The largest absolute Gasteiger partial charge is 0.355 e. The molecule has 1 fully saturated rings. The molecule has 0 aromatic carbocycles. The van der Waals surface area contributed by atoms with Crippen molar-refractivity contribution in [2.24, 2.45) is 0 Å². The minimum Gasteiger partial charge on any atom is -0.355 e. The summed E-state index contributed by atoms with van der Waals surface area (Å²) in [5.41, 5.74) is 0. The Morgan fingerprint density at radius 2 is 2.00 bits per heavy atom. The Kier molecular flexibility index (Phi) is 5.69. The summed E-state index contributed by atoms with van der Waals surface area (Å²) in [6.07, 6.45) is 7.55. The zero-order valence-electron chi connectivity index (χ0n) is 10.1. The maximum Gasteiger partial charge on any atom is 0.234 e. The number of rotatable bonds is 5. The third-order valence-electron chi connectivity index (χ3n) is 3.16. The first-order valence-electron chi connectivity index (χ1n) is 6.21. The number of nitrogens with one attached hydrogen (secondary N) is 1. The maximum atomic E-state index is 11.5. The zero-order chi connectivity index (χ0) is 11.1. The second kappa shape index (κ2) is 6.83. The molecular weight excluding hydrogens is 188 g/mol. The van der Waals surface area contributed by atoms with Crippen LogP contribution in [-0.2, 0) is 4.79 Å². The molecule has 0 radical (unpaired) electrons. The number of amides is 1. The second-order valence-corrected chi connectivity index (χ2v) is 4.56. The average molecular weight is 212 g/mol. The van der Waals surface area contributed by atoms with Gasteiger partial charge in [-0.1, -0.05) is 26.2 Å². The molecule has 1 aliphatic rings. The second-order valence-electron chi connectivity index (χ2n) is 4.56. The topological polar surface area (TPSA) is 32.3 Å². The van der Waals surface area contributed by atoms with Crippen LogP contribution in [0.1, 0.15) is 45.4 Å². The van der Waals surface area contributed by atoms with E-state index in [0.717, 1.165) is 13.0 Å². The molecule has 3 nitrogen and oxygen atoms in total. The van der Waals surface area contributed by atoms with Crippen LogP contribution in [0.15, 0.2) is 0 Å². The first kappa shape index (κ1) is 12.5. The summed E-state index contributed by atoms with van der Waals surface area (Å²) >= 11 is 0. The Labute approximate surface area is 93.2 Å². The highest BCUT2D eigenvalue weighted by molar-refractivity contribution is 5.77. The summed E-state index contributed by atoms with van der Waals surface area (Å²) in [5, 5.41) is 2.92. The molecule has 1 saturated carbocycles. The molecule has 0 aromatic rings.